The van der Waals surface area contributed by atoms with E-state index < -0.39 is 0 Å². The molecule has 3 rings (SSSR count). The average molecular weight is 372 g/mol. The zero-order valence-electron chi connectivity index (χ0n) is 16.3. The fourth-order valence-corrected chi connectivity index (χ4v) is 4.23. The van der Waals surface area contributed by atoms with E-state index in [1.807, 2.05) is 18.2 Å². The van der Waals surface area contributed by atoms with Gasteiger partial charge in [-0.15, -0.1) is 0 Å². The average Bonchev–Trinajstić information content (AvgIpc) is 2.90. The van der Waals surface area contributed by atoms with Gasteiger partial charge in [0.2, 0.25) is 17.7 Å². The molecule has 0 unspecified atom stereocenters. The van der Waals surface area contributed by atoms with Crippen LogP contribution >= 0.6 is 0 Å². The summed E-state index contributed by atoms with van der Waals surface area (Å²) in [5.74, 6) is -0.560. The summed E-state index contributed by atoms with van der Waals surface area (Å²) < 4.78 is 0. The largest absolute Gasteiger partial charge is 0.352 e. The van der Waals surface area contributed by atoms with E-state index >= 15 is 0 Å². The third kappa shape index (κ3) is 4.56. The Morgan fingerprint density at radius 3 is 2.26 bits per heavy atom. The molecule has 3 amide bonds. The van der Waals surface area contributed by atoms with Crippen LogP contribution in [0.3, 0.4) is 0 Å². The number of likely N-dealkylation sites (tertiary alicyclic amines) is 1. The van der Waals surface area contributed by atoms with Crippen molar-refractivity contribution in [2.24, 2.45) is 11.8 Å². The maximum Gasteiger partial charge on any atom is 0.233 e. The Morgan fingerprint density at radius 1 is 1.07 bits per heavy atom. The van der Waals surface area contributed by atoms with Crippen molar-refractivity contribution in [3.63, 3.8) is 0 Å². The van der Waals surface area contributed by atoms with E-state index in [0.29, 0.717) is 6.54 Å². The molecule has 1 aromatic carbocycles. The maximum absolute atomic E-state index is 12.5. The van der Waals surface area contributed by atoms with Crippen molar-refractivity contribution in [3.8, 4) is 0 Å². The lowest BCUT2D eigenvalue weighted by Crippen LogP contribution is -3.04. The van der Waals surface area contributed by atoms with Crippen LogP contribution in [-0.2, 0) is 27.5 Å². The van der Waals surface area contributed by atoms with E-state index in [2.05, 4.69) is 25.5 Å². The van der Waals surface area contributed by atoms with E-state index in [9.17, 15) is 14.4 Å². The maximum atomic E-state index is 12.5. The summed E-state index contributed by atoms with van der Waals surface area (Å²) in [5, 5.41) is 2.93. The van der Waals surface area contributed by atoms with Gasteiger partial charge in [-0.3, -0.25) is 19.3 Å². The monoisotopic (exact) mass is 372 g/mol. The molecule has 146 valence electrons. The number of quaternary nitrogens is 1. The highest BCUT2D eigenvalue weighted by Gasteiger charge is 2.47. The van der Waals surface area contributed by atoms with Gasteiger partial charge in [-0.1, -0.05) is 37.1 Å². The summed E-state index contributed by atoms with van der Waals surface area (Å²) in [5.41, 5.74) is 2.32. The van der Waals surface area contributed by atoms with Gasteiger partial charge < -0.3 is 10.2 Å². The van der Waals surface area contributed by atoms with E-state index in [1.165, 1.54) is 15.4 Å². The predicted molar refractivity (Wildman–Crippen MR) is 102 cm³/mol. The van der Waals surface area contributed by atoms with Gasteiger partial charge in [-0.05, 0) is 18.4 Å². The van der Waals surface area contributed by atoms with E-state index in [0.717, 1.165) is 37.8 Å². The molecule has 2 N–H and O–H groups in total. The number of fused-ring (bicyclic) bond motifs is 1. The van der Waals surface area contributed by atoms with Crippen LogP contribution in [0.5, 0.6) is 0 Å². The molecule has 27 heavy (non-hydrogen) atoms. The number of benzene rings is 1. The molecular weight excluding hydrogens is 342 g/mol. The molecule has 6 nitrogen and oxygen atoms in total. The molecule has 1 aliphatic heterocycles. The lowest BCUT2D eigenvalue weighted by atomic mass is 9.81. The topological polar surface area (TPSA) is 70.9 Å². The minimum Gasteiger partial charge on any atom is -0.352 e. The van der Waals surface area contributed by atoms with Gasteiger partial charge in [0.1, 0.15) is 6.54 Å². The van der Waals surface area contributed by atoms with Crippen LogP contribution in [0.4, 0.5) is 0 Å². The molecule has 0 bridgehead atoms. The van der Waals surface area contributed by atoms with Crippen molar-refractivity contribution in [2.75, 3.05) is 20.6 Å². The summed E-state index contributed by atoms with van der Waals surface area (Å²) in [7, 11) is 4.19. The van der Waals surface area contributed by atoms with Crippen LogP contribution in [0.15, 0.2) is 24.3 Å². The van der Waals surface area contributed by atoms with Gasteiger partial charge in [-0.25, -0.2) is 0 Å². The first-order valence-corrected chi connectivity index (χ1v) is 9.95. The van der Waals surface area contributed by atoms with E-state index in [4.69, 9.17) is 0 Å². The number of carbonyl (C=O) groups excluding carboxylic acids is 3. The molecule has 6 heteroatoms. The van der Waals surface area contributed by atoms with Crippen LogP contribution in [0.1, 0.15) is 43.2 Å². The minimum absolute atomic E-state index is 0.0724. The number of carbonyl (C=O) groups is 3. The van der Waals surface area contributed by atoms with Crippen molar-refractivity contribution in [2.45, 2.75) is 45.2 Å². The van der Waals surface area contributed by atoms with Crippen molar-refractivity contribution in [1.82, 2.24) is 10.2 Å². The molecular formula is C21H30N3O3+. The fraction of sp³-hybridized carbons (Fsp3) is 0.571. The first-order valence-electron chi connectivity index (χ1n) is 9.95. The number of nitrogens with zero attached hydrogens (tertiary/aromatic N) is 1. The second-order valence-corrected chi connectivity index (χ2v) is 8.00. The van der Waals surface area contributed by atoms with Gasteiger partial charge in [-0.2, -0.15) is 0 Å². The Kier molecular flexibility index (Phi) is 6.26. The molecule has 1 saturated carbocycles. The van der Waals surface area contributed by atoms with Crippen LogP contribution in [0.2, 0.25) is 0 Å². The Balaban J connectivity index is 1.51. The fourth-order valence-electron chi connectivity index (χ4n) is 4.23. The van der Waals surface area contributed by atoms with E-state index in [1.54, 1.807) is 0 Å². The zero-order chi connectivity index (χ0) is 19.4. The van der Waals surface area contributed by atoms with Crippen molar-refractivity contribution >= 4 is 17.7 Å². The zero-order valence-corrected chi connectivity index (χ0v) is 16.3. The smallest absolute Gasteiger partial charge is 0.233 e. The number of hydrogen-bond donors (Lipinski definition) is 2. The number of hydrogen-bond acceptors (Lipinski definition) is 3. The number of amides is 3. The molecule has 2 aliphatic rings. The summed E-state index contributed by atoms with van der Waals surface area (Å²) >= 11 is 0. The predicted octanol–water partition coefficient (Wildman–Crippen LogP) is 0.513. The second kappa shape index (κ2) is 8.65. The third-order valence-electron chi connectivity index (χ3n) is 5.63. The molecule has 2 fully saturated rings. The van der Waals surface area contributed by atoms with Gasteiger partial charge in [0.05, 0.1) is 25.9 Å². The highest BCUT2D eigenvalue weighted by Crippen LogP contribution is 2.37. The van der Waals surface area contributed by atoms with Crippen LogP contribution in [-0.4, -0.2) is 43.3 Å². The van der Waals surface area contributed by atoms with Crippen molar-refractivity contribution in [3.05, 3.63) is 35.4 Å². The van der Waals surface area contributed by atoms with Gasteiger partial charge in [0.15, 0.2) is 0 Å². The summed E-state index contributed by atoms with van der Waals surface area (Å²) in [6, 6.07) is 8.08. The Labute approximate surface area is 160 Å². The summed E-state index contributed by atoms with van der Waals surface area (Å²) in [4.78, 5) is 39.8. The first kappa shape index (κ1) is 19.5. The molecule has 1 saturated heterocycles. The molecule has 0 spiro atoms. The Bertz CT molecular complexity index is 692. The molecule has 2 atom stereocenters. The second-order valence-electron chi connectivity index (χ2n) is 8.00. The Hall–Kier alpha value is -2.21. The highest BCUT2D eigenvalue weighted by atomic mass is 16.2. The van der Waals surface area contributed by atoms with Gasteiger partial charge in [0.25, 0.3) is 0 Å². The van der Waals surface area contributed by atoms with Gasteiger partial charge in [0, 0.05) is 25.1 Å². The van der Waals surface area contributed by atoms with E-state index in [-0.39, 0.29) is 42.5 Å². The first-order chi connectivity index (χ1) is 13.0. The number of rotatable bonds is 7. The molecule has 0 radical (unpaired) electrons. The van der Waals surface area contributed by atoms with Crippen LogP contribution in [0, 0.1) is 11.8 Å². The van der Waals surface area contributed by atoms with Crippen molar-refractivity contribution in [1.29, 1.82) is 0 Å². The standard InChI is InChI=1S/C21H29N3O3/c1-23(2)14-16-8-4-3-7-15(16)13-22-19(25)11-12-24-20(26)17-9-5-6-10-18(17)21(24)27/h3-4,7-8,17-18H,5-6,9-14H2,1-2H3,(H,22,25)/p+1/t17-,18+. The molecule has 1 aliphatic carbocycles. The van der Waals surface area contributed by atoms with Crippen molar-refractivity contribution < 1.29 is 19.3 Å². The van der Waals surface area contributed by atoms with Crippen LogP contribution < -0.4 is 10.2 Å². The molecule has 0 aromatic heterocycles. The lowest BCUT2D eigenvalue weighted by Gasteiger charge is -2.19. The molecule has 1 aromatic rings. The number of imide groups is 1. The molecule has 1 heterocycles. The Morgan fingerprint density at radius 2 is 1.67 bits per heavy atom. The summed E-state index contributed by atoms with van der Waals surface area (Å²) in [6.45, 7) is 1.56. The number of nitrogens with one attached hydrogen (secondary N) is 2. The third-order valence-corrected chi connectivity index (χ3v) is 5.63. The SMILES string of the molecule is C[NH+](C)Cc1ccccc1CNC(=O)CCN1C(=O)[C@H]2CCCC[C@H]2C1=O. The highest BCUT2D eigenvalue weighted by molar-refractivity contribution is 6.05. The summed E-state index contributed by atoms with van der Waals surface area (Å²) in [6.07, 6.45) is 3.81. The quantitative estimate of drug-likeness (QED) is 0.686. The lowest BCUT2D eigenvalue weighted by molar-refractivity contribution is -0.872. The van der Waals surface area contributed by atoms with Gasteiger partial charge >= 0.3 is 0 Å². The minimum atomic E-state index is -0.144. The van der Waals surface area contributed by atoms with Crippen LogP contribution in [0.25, 0.3) is 0 Å². The normalized spacial score (nSPS) is 22.3.